The number of aromatic nitrogens is 1. The fourth-order valence-electron chi connectivity index (χ4n) is 2.72. The van der Waals surface area contributed by atoms with E-state index >= 15 is 0 Å². The van der Waals surface area contributed by atoms with Gasteiger partial charge in [-0.25, -0.2) is 4.98 Å². The number of amides is 1. The van der Waals surface area contributed by atoms with E-state index in [1.54, 1.807) is 14.2 Å². The van der Waals surface area contributed by atoms with Crippen molar-refractivity contribution < 1.29 is 14.3 Å². The van der Waals surface area contributed by atoms with Crippen LogP contribution in [0.5, 0.6) is 11.5 Å². The molecule has 1 heterocycles. The maximum atomic E-state index is 12.4. The van der Waals surface area contributed by atoms with Crippen LogP contribution in [-0.4, -0.2) is 25.1 Å². The number of hydrogen-bond acceptors (Lipinski definition) is 5. The summed E-state index contributed by atoms with van der Waals surface area (Å²) in [4.78, 5) is 17.0. The predicted octanol–water partition coefficient (Wildman–Crippen LogP) is 4.63. The molecule has 0 bridgehead atoms. The molecule has 3 aromatic rings. The molecule has 0 spiro atoms. The number of rotatable bonds is 6. The quantitative estimate of drug-likeness (QED) is 0.675. The lowest BCUT2D eigenvalue weighted by Gasteiger charge is -2.09. The number of anilines is 1. The maximum absolute atomic E-state index is 12.4. The summed E-state index contributed by atoms with van der Waals surface area (Å²) in [6, 6.07) is 11.7. The first-order chi connectivity index (χ1) is 13.0. The summed E-state index contributed by atoms with van der Waals surface area (Å²) in [7, 11) is 3.21. The fraction of sp³-hybridized carbons (Fsp3) is 0.238. The van der Waals surface area contributed by atoms with Gasteiger partial charge in [-0.05, 0) is 49.2 Å². The molecule has 1 amide bonds. The van der Waals surface area contributed by atoms with Crippen molar-refractivity contribution >= 4 is 22.9 Å². The zero-order valence-corrected chi connectivity index (χ0v) is 16.6. The topological polar surface area (TPSA) is 60.5 Å². The van der Waals surface area contributed by atoms with Gasteiger partial charge in [-0.1, -0.05) is 12.1 Å². The number of hydrogen-bond donors (Lipinski definition) is 1. The highest BCUT2D eigenvalue weighted by Crippen LogP contribution is 2.33. The molecule has 6 heteroatoms. The van der Waals surface area contributed by atoms with Crippen molar-refractivity contribution in [1.82, 2.24) is 4.98 Å². The molecule has 0 aliphatic carbocycles. The molecule has 0 fully saturated rings. The van der Waals surface area contributed by atoms with E-state index in [-0.39, 0.29) is 12.3 Å². The van der Waals surface area contributed by atoms with Crippen LogP contribution >= 0.6 is 11.3 Å². The molecular weight excluding hydrogens is 360 g/mol. The second-order valence-corrected chi connectivity index (χ2v) is 7.12. The van der Waals surface area contributed by atoms with Crippen LogP contribution in [-0.2, 0) is 11.2 Å². The van der Waals surface area contributed by atoms with Crippen LogP contribution in [0.3, 0.4) is 0 Å². The average molecular weight is 382 g/mol. The van der Waals surface area contributed by atoms with E-state index in [0.29, 0.717) is 11.5 Å². The average Bonchev–Trinajstić information content (AvgIpc) is 3.12. The Morgan fingerprint density at radius 1 is 1.07 bits per heavy atom. The van der Waals surface area contributed by atoms with Crippen molar-refractivity contribution in [3.05, 3.63) is 58.6 Å². The summed E-state index contributed by atoms with van der Waals surface area (Å²) >= 11 is 1.50. The standard InChI is InChI=1S/C21H22N2O3S/c1-13-5-6-14(2)17(9-13)23-20(24)11-16-12-27-21(22-16)15-7-8-18(25-3)19(10-15)26-4/h5-10,12H,11H2,1-4H3,(H,23,24). The van der Waals surface area contributed by atoms with Crippen molar-refractivity contribution in [2.75, 3.05) is 19.5 Å². The predicted molar refractivity (Wildman–Crippen MR) is 109 cm³/mol. The second-order valence-electron chi connectivity index (χ2n) is 6.26. The van der Waals surface area contributed by atoms with Crippen molar-refractivity contribution in [2.45, 2.75) is 20.3 Å². The normalized spacial score (nSPS) is 10.5. The summed E-state index contributed by atoms with van der Waals surface area (Å²) in [5.41, 5.74) is 4.67. The van der Waals surface area contributed by atoms with E-state index in [2.05, 4.69) is 10.3 Å². The number of carbonyl (C=O) groups is 1. The number of carbonyl (C=O) groups excluding carboxylic acids is 1. The summed E-state index contributed by atoms with van der Waals surface area (Å²) in [6.45, 7) is 3.98. The van der Waals surface area contributed by atoms with Gasteiger partial charge in [-0.2, -0.15) is 0 Å². The third-order valence-electron chi connectivity index (χ3n) is 4.19. The first-order valence-electron chi connectivity index (χ1n) is 8.54. The van der Waals surface area contributed by atoms with Gasteiger partial charge >= 0.3 is 0 Å². The Bertz CT molecular complexity index is 966. The minimum atomic E-state index is -0.0761. The molecule has 2 aromatic carbocycles. The minimum Gasteiger partial charge on any atom is -0.493 e. The molecule has 0 aliphatic rings. The third kappa shape index (κ3) is 4.46. The van der Waals surface area contributed by atoms with Crippen LogP contribution in [0, 0.1) is 13.8 Å². The Labute approximate surface area is 163 Å². The molecule has 0 atom stereocenters. The Hall–Kier alpha value is -2.86. The number of nitrogens with one attached hydrogen (secondary N) is 1. The van der Waals surface area contributed by atoms with Crippen LogP contribution in [0.4, 0.5) is 5.69 Å². The zero-order chi connectivity index (χ0) is 19.4. The molecule has 0 saturated carbocycles. The molecule has 0 unspecified atom stereocenters. The number of thiazole rings is 1. The molecule has 27 heavy (non-hydrogen) atoms. The highest BCUT2D eigenvalue weighted by molar-refractivity contribution is 7.13. The number of nitrogens with zero attached hydrogens (tertiary/aromatic N) is 1. The Kier molecular flexibility index (Phi) is 5.76. The number of ether oxygens (including phenoxy) is 2. The molecule has 1 N–H and O–H groups in total. The van der Waals surface area contributed by atoms with Crippen molar-refractivity contribution in [2.24, 2.45) is 0 Å². The van der Waals surface area contributed by atoms with Gasteiger partial charge in [0, 0.05) is 16.6 Å². The van der Waals surface area contributed by atoms with Gasteiger partial charge in [0.2, 0.25) is 5.91 Å². The van der Waals surface area contributed by atoms with Gasteiger partial charge in [0.25, 0.3) is 0 Å². The van der Waals surface area contributed by atoms with E-state index in [9.17, 15) is 4.79 Å². The SMILES string of the molecule is COc1ccc(-c2nc(CC(=O)Nc3cc(C)ccc3C)cs2)cc1OC. The highest BCUT2D eigenvalue weighted by Gasteiger charge is 2.12. The lowest BCUT2D eigenvalue weighted by Crippen LogP contribution is -2.15. The fourth-order valence-corrected chi connectivity index (χ4v) is 3.54. The van der Waals surface area contributed by atoms with Crippen molar-refractivity contribution in [3.8, 4) is 22.1 Å². The second kappa shape index (κ2) is 8.22. The molecule has 0 radical (unpaired) electrons. The van der Waals surface area contributed by atoms with Crippen LogP contribution < -0.4 is 14.8 Å². The van der Waals surface area contributed by atoms with Crippen LogP contribution in [0.2, 0.25) is 0 Å². The third-order valence-corrected chi connectivity index (χ3v) is 5.13. The largest absolute Gasteiger partial charge is 0.493 e. The summed E-state index contributed by atoms with van der Waals surface area (Å²) in [6.07, 6.45) is 0.233. The van der Waals surface area contributed by atoms with Gasteiger partial charge < -0.3 is 14.8 Å². The van der Waals surface area contributed by atoms with E-state index in [1.807, 2.05) is 55.6 Å². The van der Waals surface area contributed by atoms with Crippen LogP contribution in [0.15, 0.2) is 41.8 Å². The monoisotopic (exact) mass is 382 g/mol. The van der Waals surface area contributed by atoms with Gasteiger partial charge in [0.15, 0.2) is 11.5 Å². The lowest BCUT2D eigenvalue weighted by molar-refractivity contribution is -0.115. The molecule has 0 aliphatic heterocycles. The van der Waals surface area contributed by atoms with E-state index in [0.717, 1.165) is 33.1 Å². The maximum Gasteiger partial charge on any atom is 0.230 e. The van der Waals surface area contributed by atoms with Gasteiger partial charge in [-0.15, -0.1) is 11.3 Å². The smallest absolute Gasteiger partial charge is 0.230 e. The molecule has 5 nitrogen and oxygen atoms in total. The first-order valence-corrected chi connectivity index (χ1v) is 9.42. The summed E-state index contributed by atoms with van der Waals surface area (Å²) < 4.78 is 10.6. The Morgan fingerprint density at radius 2 is 1.85 bits per heavy atom. The number of methoxy groups -OCH3 is 2. The molecule has 0 saturated heterocycles. The van der Waals surface area contributed by atoms with Crippen LogP contribution in [0.1, 0.15) is 16.8 Å². The van der Waals surface area contributed by atoms with Crippen molar-refractivity contribution in [3.63, 3.8) is 0 Å². The van der Waals surface area contributed by atoms with Crippen LogP contribution in [0.25, 0.3) is 10.6 Å². The Balaban J connectivity index is 1.72. The number of aryl methyl sites for hydroxylation is 2. The lowest BCUT2D eigenvalue weighted by atomic mass is 10.1. The van der Waals surface area contributed by atoms with Gasteiger partial charge in [0.1, 0.15) is 5.01 Å². The summed E-state index contributed by atoms with van der Waals surface area (Å²) in [5.74, 6) is 1.25. The van der Waals surface area contributed by atoms with E-state index < -0.39 is 0 Å². The first kappa shape index (κ1) is 18.9. The van der Waals surface area contributed by atoms with E-state index in [4.69, 9.17) is 9.47 Å². The summed E-state index contributed by atoms with van der Waals surface area (Å²) in [5, 5.41) is 5.72. The Morgan fingerprint density at radius 3 is 2.59 bits per heavy atom. The van der Waals surface area contributed by atoms with Crippen molar-refractivity contribution in [1.29, 1.82) is 0 Å². The van der Waals surface area contributed by atoms with Gasteiger partial charge in [0.05, 0.1) is 26.3 Å². The molecule has 1 aromatic heterocycles. The molecular formula is C21H22N2O3S. The van der Waals surface area contributed by atoms with E-state index in [1.165, 1.54) is 11.3 Å². The van der Waals surface area contributed by atoms with Gasteiger partial charge in [-0.3, -0.25) is 4.79 Å². The number of benzene rings is 2. The zero-order valence-electron chi connectivity index (χ0n) is 15.8. The molecule has 3 rings (SSSR count). The minimum absolute atomic E-state index is 0.0761. The molecule has 140 valence electrons. The highest BCUT2D eigenvalue weighted by atomic mass is 32.1.